The zero-order valence-corrected chi connectivity index (χ0v) is 14.8. The summed E-state index contributed by atoms with van der Waals surface area (Å²) in [6.07, 6.45) is 3.34. The van der Waals surface area contributed by atoms with E-state index < -0.39 is 0 Å². The lowest BCUT2D eigenvalue weighted by Gasteiger charge is -2.12. The first-order chi connectivity index (χ1) is 12.0. The van der Waals surface area contributed by atoms with Crippen LogP contribution in [-0.4, -0.2) is 27.6 Å². The van der Waals surface area contributed by atoms with Crippen LogP contribution in [0, 0.1) is 13.8 Å². The molecule has 128 valence electrons. The summed E-state index contributed by atoms with van der Waals surface area (Å²) in [6, 6.07) is 8.89. The Hall–Kier alpha value is -2.73. The molecule has 0 bridgehead atoms. The number of furan rings is 1. The number of phenolic OH excluding ortho intramolecular Hbond substituents is 1. The first-order valence-electron chi connectivity index (χ1n) is 7.75. The monoisotopic (exact) mass is 354 g/mol. The Balaban J connectivity index is 1.97. The predicted octanol–water partition coefficient (Wildman–Crippen LogP) is 4.39. The normalized spacial score (nSPS) is 17.7. The van der Waals surface area contributed by atoms with Crippen molar-refractivity contribution in [1.29, 1.82) is 0 Å². The number of carbonyl (C=O) groups excluding carboxylic acids is 1. The molecule has 1 aromatic carbocycles. The summed E-state index contributed by atoms with van der Waals surface area (Å²) < 4.78 is 5.51. The van der Waals surface area contributed by atoms with Gasteiger partial charge in [-0.05, 0) is 55.4 Å². The van der Waals surface area contributed by atoms with Crippen LogP contribution in [0.15, 0.2) is 57.3 Å². The number of benzene rings is 1. The third-order valence-electron chi connectivity index (χ3n) is 3.58. The SMILES string of the molecule is C=CCN1C(=O)/C(=C/c2ccc(C)o2)SC1=Nc1ccc(C)cc1O. The Morgan fingerprint density at radius 3 is 2.76 bits per heavy atom. The third kappa shape index (κ3) is 3.69. The number of carbonyl (C=O) groups is 1. The molecule has 5 nitrogen and oxygen atoms in total. The highest BCUT2D eigenvalue weighted by Gasteiger charge is 2.33. The minimum absolute atomic E-state index is 0.0817. The van der Waals surface area contributed by atoms with Crippen molar-refractivity contribution in [2.45, 2.75) is 13.8 Å². The van der Waals surface area contributed by atoms with Gasteiger partial charge in [-0.2, -0.15) is 0 Å². The number of phenols is 1. The van der Waals surface area contributed by atoms with Crippen molar-refractivity contribution in [3.05, 3.63) is 65.0 Å². The molecule has 0 radical (unpaired) electrons. The van der Waals surface area contributed by atoms with Crippen LogP contribution in [0.1, 0.15) is 17.1 Å². The molecular formula is C19H18N2O3S. The average Bonchev–Trinajstić information content (AvgIpc) is 3.09. The molecule has 0 spiro atoms. The first kappa shape index (κ1) is 17.1. The second-order valence-electron chi connectivity index (χ2n) is 5.65. The van der Waals surface area contributed by atoms with E-state index in [9.17, 15) is 9.90 Å². The van der Waals surface area contributed by atoms with Crippen molar-refractivity contribution < 1.29 is 14.3 Å². The van der Waals surface area contributed by atoms with Crippen LogP contribution in [0.2, 0.25) is 0 Å². The minimum Gasteiger partial charge on any atom is -0.506 e. The Kier molecular flexibility index (Phi) is 4.81. The van der Waals surface area contributed by atoms with Gasteiger partial charge in [-0.1, -0.05) is 12.1 Å². The Labute approximate surface area is 150 Å². The fourth-order valence-electron chi connectivity index (χ4n) is 2.37. The van der Waals surface area contributed by atoms with Gasteiger partial charge in [-0.25, -0.2) is 4.99 Å². The van der Waals surface area contributed by atoms with E-state index in [1.54, 1.807) is 24.3 Å². The molecule has 1 aliphatic heterocycles. The van der Waals surface area contributed by atoms with Crippen LogP contribution in [0.5, 0.6) is 5.75 Å². The van der Waals surface area contributed by atoms with E-state index in [2.05, 4.69) is 11.6 Å². The number of amides is 1. The number of nitrogens with zero attached hydrogens (tertiary/aromatic N) is 2. The molecule has 0 aliphatic carbocycles. The van der Waals surface area contributed by atoms with E-state index in [1.807, 2.05) is 32.0 Å². The largest absolute Gasteiger partial charge is 0.506 e. The van der Waals surface area contributed by atoms with E-state index in [-0.39, 0.29) is 11.7 Å². The minimum atomic E-state index is -0.163. The second kappa shape index (κ2) is 7.03. The zero-order valence-electron chi connectivity index (χ0n) is 14.0. The number of hydrogen-bond donors (Lipinski definition) is 1. The quantitative estimate of drug-likeness (QED) is 0.653. The molecule has 1 aliphatic rings. The predicted molar refractivity (Wildman–Crippen MR) is 101 cm³/mol. The molecule has 25 heavy (non-hydrogen) atoms. The molecular weight excluding hydrogens is 336 g/mol. The first-order valence-corrected chi connectivity index (χ1v) is 8.56. The average molecular weight is 354 g/mol. The molecule has 1 fully saturated rings. The van der Waals surface area contributed by atoms with Crippen LogP contribution < -0.4 is 0 Å². The van der Waals surface area contributed by atoms with Crippen LogP contribution >= 0.6 is 11.8 Å². The highest BCUT2D eigenvalue weighted by atomic mass is 32.2. The van der Waals surface area contributed by atoms with E-state index in [0.717, 1.165) is 11.3 Å². The maximum Gasteiger partial charge on any atom is 0.267 e. The summed E-state index contributed by atoms with van der Waals surface area (Å²) in [4.78, 5) is 19.2. The lowest BCUT2D eigenvalue weighted by Crippen LogP contribution is -2.29. The van der Waals surface area contributed by atoms with Gasteiger partial charge in [0.25, 0.3) is 5.91 Å². The van der Waals surface area contributed by atoms with Gasteiger partial charge in [0.1, 0.15) is 23.0 Å². The fourth-order valence-corrected chi connectivity index (χ4v) is 3.35. The third-order valence-corrected chi connectivity index (χ3v) is 4.59. The molecule has 2 heterocycles. The summed E-state index contributed by atoms with van der Waals surface area (Å²) >= 11 is 1.25. The molecule has 1 N–H and O–H groups in total. The van der Waals surface area contributed by atoms with Crippen LogP contribution in [0.3, 0.4) is 0 Å². The molecule has 0 atom stereocenters. The topological polar surface area (TPSA) is 66.0 Å². The van der Waals surface area contributed by atoms with Crippen LogP contribution in [0.25, 0.3) is 6.08 Å². The van der Waals surface area contributed by atoms with Gasteiger partial charge in [0.15, 0.2) is 5.17 Å². The lowest BCUT2D eigenvalue weighted by molar-refractivity contribution is -0.121. The lowest BCUT2D eigenvalue weighted by atomic mass is 10.2. The van der Waals surface area contributed by atoms with Crippen LogP contribution in [0.4, 0.5) is 5.69 Å². The van der Waals surface area contributed by atoms with Gasteiger partial charge >= 0.3 is 0 Å². The molecule has 1 amide bonds. The van der Waals surface area contributed by atoms with Gasteiger partial charge in [-0.3, -0.25) is 9.69 Å². The molecule has 0 unspecified atom stereocenters. The van der Waals surface area contributed by atoms with Crippen molar-refractivity contribution in [3.8, 4) is 5.75 Å². The van der Waals surface area contributed by atoms with Gasteiger partial charge < -0.3 is 9.52 Å². The summed E-state index contributed by atoms with van der Waals surface area (Å²) in [5, 5.41) is 10.6. The number of thioether (sulfide) groups is 1. The van der Waals surface area contributed by atoms with Gasteiger partial charge in [0.05, 0.1) is 4.91 Å². The number of amidine groups is 1. The smallest absolute Gasteiger partial charge is 0.267 e. The number of aryl methyl sites for hydroxylation is 2. The van der Waals surface area contributed by atoms with E-state index in [0.29, 0.717) is 28.1 Å². The molecule has 0 saturated carbocycles. The Morgan fingerprint density at radius 2 is 2.12 bits per heavy atom. The summed E-state index contributed by atoms with van der Waals surface area (Å²) in [7, 11) is 0. The fraction of sp³-hybridized carbons (Fsp3) is 0.158. The van der Waals surface area contributed by atoms with Crippen LogP contribution in [-0.2, 0) is 4.79 Å². The molecule has 6 heteroatoms. The Morgan fingerprint density at radius 1 is 1.32 bits per heavy atom. The standard InChI is InChI=1S/C19H18N2O3S/c1-4-9-21-18(23)17(11-14-7-6-13(3)24-14)25-19(21)20-15-8-5-12(2)10-16(15)22/h4-8,10-11,22H,1,9H2,2-3H3/b17-11-,20-19?. The van der Waals surface area contributed by atoms with Crippen molar-refractivity contribution in [3.63, 3.8) is 0 Å². The summed E-state index contributed by atoms with van der Waals surface area (Å²) in [5.74, 6) is 1.32. The second-order valence-corrected chi connectivity index (χ2v) is 6.66. The van der Waals surface area contributed by atoms with Gasteiger partial charge in [-0.15, -0.1) is 6.58 Å². The molecule has 1 aromatic heterocycles. The Bertz CT molecular complexity index is 896. The number of rotatable bonds is 4. The number of aromatic hydroxyl groups is 1. The van der Waals surface area contributed by atoms with Crippen molar-refractivity contribution in [2.75, 3.05) is 6.54 Å². The molecule has 1 saturated heterocycles. The maximum absolute atomic E-state index is 12.7. The van der Waals surface area contributed by atoms with Crippen molar-refractivity contribution in [1.82, 2.24) is 4.90 Å². The van der Waals surface area contributed by atoms with E-state index >= 15 is 0 Å². The zero-order chi connectivity index (χ0) is 18.0. The maximum atomic E-state index is 12.7. The highest BCUT2D eigenvalue weighted by molar-refractivity contribution is 8.18. The summed E-state index contributed by atoms with van der Waals surface area (Å²) in [5.41, 5.74) is 1.36. The molecule has 2 aromatic rings. The van der Waals surface area contributed by atoms with Gasteiger partial charge in [0, 0.05) is 12.6 Å². The molecule has 3 rings (SSSR count). The van der Waals surface area contributed by atoms with E-state index in [4.69, 9.17) is 4.42 Å². The highest BCUT2D eigenvalue weighted by Crippen LogP contribution is 2.36. The summed E-state index contributed by atoms with van der Waals surface area (Å²) in [6.45, 7) is 7.77. The van der Waals surface area contributed by atoms with E-state index in [1.165, 1.54) is 16.7 Å². The van der Waals surface area contributed by atoms with Crippen molar-refractivity contribution >= 4 is 34.6 Å². The number of hydrogen-bond acceptors (Lipinski definition) is 5. The van der Waals surface area contributed by atoms with Crippen molar-refractivity contribution in [2.24, 2.45) is 4.99 Å². The van der Waals surface area contributed by atoms with Gasteiger partial charge in [0.2, 0.25) is 0 Å². The number of aliphatic imine (C=N–C) groups is 1.